The van der Waals surface area contributed by atoms with E-state index in [2.05, 4.69) is 19.7 Å². The molecule has 1 N–H and O–H groups in total. The Labute approximate surface area is 168 Å². The number of para-hydroxylation sites is 1. The number of sulfonamides is 1. The third kappa shape index (κ3) is 4.56. The van der Waals surface area contributed by atoms with E-state index in [-0.39, 0.29) is 16.9 Å². The van der Waals surface area contributed by atoms with Gasteiger partial charge in [-0.15, -0.1) is 0 Å². The first-order valence-electron chi connectivity index (χ1n) is 8.71. The highest BCUT2D eigenvalue weighted by molar-refractivity contribution is 7.92. The van der Waals surface area contributed by atoms with Crippen molar-refractivity contribution in [3.05, 3.63) is 91.1 Å². The number of hydrogen-bond acceptors (Lipinski definition) is 6. The maximum Gasteiger partial charge on any atom is 0.281 e. The van der Waals surface area contributed by atoms with E-state index >= 15 is 0 Å². The molecule has 7 nitrogen and oxygen atoms in total. The SMILES string of the molecule is O=S(=O)(Nc1nc(Oc2ccccc2)cc(-c2ccccc2)n1)c1ccccn1. The van der Waals surface area contributed by atoms with Crippen LogP contribution in [-0.4, -0.2) is 23.4 Å². The van der Waals surface area contributed by atoms with Gasteiger partial charge >= 0.3 is 0 Å². The number of rotatable bonds is 6. The highest BCUT2D eigenvalue weighted by Gasteiger charge is 2.18. The summed E-state index contributed by atoms with van der Waals surface area (Å²) in [5.74, 6) is 0.676. The van der Waals surface area contributed by atoms with Crippen LogP contribution in [0.3, 0.4) is 0 Å². The Morgan fingerprint density at radius 3 is 2.17 bits per heavy atom. The molecule has 0 bridgehead atoms. The van der Waals surface area contributed by atoms with Crippen LogP contribution in [0.2, 0.25) is 0 Å². The highest BCUT2D eigenvalue weighted by atomic mass is 32.2. The molecule has 0 saturated heterocycles. The van der Waals surface area contributed by atoms with Crippen LogP contribution in [0.5, 0.6) is 11.6 Å². The second-order valence-corrected chi connectivity index (χ2v) is 7.60. The second kappa shape index (κ2) is 8.07. The minimum Gasteiger partial charge on any atom is -0.439 e. The van der Waals surface area contributed by atoms with Crippen LogP contribution in [0, 0.1) is 0 Å². The summed E-state index contributed by atoms with van der Waals surface area (Å²) in [6, 6.07) is 24.7. The Balaban J connectivity index is 1.73. The van der Waals surface area contributed by atoms with E-state index in [4.69, 9.17) is 4.74 Å². The number of nitrogens with zero attached hydrogens (tertiary/aromatic N) is 3. The largest absolute Gasteiger partial charge is 0.439 e. The Bertz CT molecular complexity index is 1200. The number of aromatic nitrogens is 3. The van der Waals surface area contributed by atoms with Gasteiger partial charge in [0, 0.05) is 17.8 Å². The summed E-state index contributed by atoms with van der Waals surface area (Å²) >= 11 is 0. The van der Waals surface area contributed by atoms with Crippen molar-refractivity contribution in [3.63, 3.8) is 0 Å². The van der Waals surface area contributed by atoms with Gasteiger partial charge in [0.15, 0.2) is 5.03 Å². The molecule has 0 saturated carbocycles. The predicted molar refractivity (Wildman–Crippen MR) is 109 cm³/mol. The average molecular weight is 404 g/mol. The lowest BCUT2D eigenvalue weighted by atomic mass is 10.1. The second-order valence-electron chi connectivity index (χ2n) is 5.97. The molecule has 4 rings (SSSR count). The zero-order valence-electron chi connectivity index (χ0n) is 15.1. The third-order valence-corrected chi connectivity index (χ3v) is 5.12. The van der Waals surface area contributed by atoms with Crippen molar-refractivity contribution in [2.24, 2.45) is 0 Å². The topological polar surface area (TPSA) is 94.1 Å². The van der Waals surface area contributed by atoms with Crippen molar-refractivity contribution in [2.45, 2.75) is 5.03 Å². The normalized spacial score (nSPS) is 11.0. The number of pyridine rings is 1. The fraction of sp³-hybridized carbons (Fsp3) is 0. The van der Waals surface area contributed by atoms with Crippen LogP contribution in [0.4, 0.5) is 5.95 Å². The monoisotopic (exact) mass is 404 g/mol. The number of ether oxygens (including phenoxy) is 1. The molecule has 0 unspecified atom stereocenters. The minimum absolute atomic E-state index is 0.108. The van der Waals surface area contributed by atoms with E-state index in [9.17, 15) is 8.42 Å². The minimum atomic E-state index is -3.94. The molecule has 0 atom stereocenters. The molecule has 144 valence electrons. The molecule has 0 fully saturated rings. The summed E-state index contributed by atoms with van der Waals surface area (Å²) in [4.78, 5) is 12.4. The van der Waals surface area contributed by atoms with E-state index in [1.54, 1.807) is 30.3 Å². The molecule has 4 aromatic rings. The number of hydrogen-bond donors (Lipinski definition) is 1. The summed E-state index contributed by atoms with van der Waals surface area (Å²) in [6.07, 6.45) is 1.40. The lowest BCUT2D eigenvalue weighted by molar-refractivity contribution is 0.463. The highest BCUT2D eigenvalue weighted by Crippen LogP contribution is 2.26. The number of anilines is 1. The van der Waals surface area contributed by atoms with E-state index < -0.39 is 10.0 Å². The Hall–Kier alpha value is -3.78. The van der Waals surface area contributed by atoms with E-state index in [1.165, 1.54) is 12.3 Å². The first-order valence-corrected chi connectivity index (χ1v) is 10.2. The van der Waals surface area contributed by atoms with Crippen LogP contribution in [-0.2, 0) is 10.0 Å². The summed E-state index contributed by atoms with van der Waals surface area (Å²) in [5.41, 5.74) is 1.32. The maximum absolute atomic E-state index is 12.6. The zero-order chi connectivity index (χ0) is 20.1. The van der Waals surface area contributed by atoms with Crippen LogP contribution in [0.1, 0.15) is 0 Å². The Morgan fingerprint density at radius 1 is 0.793 bits per heavy atom. The van der Waals surface area contributed by atoms with Gasteiger partial charge in [-0.25, -0.2) is 14.7 Å². The molecule has 2 aromatic carbocycles. The van der Waals surface area contributed by atoms with E-state index in [1.807, 2.05) is 48.5 Å². The van der Waals surface area contributed by atoms with Gasteiger partial charge in [0.25, 0.3) is 10.0 Å². The van der Waals surface area contributed by atoms with Crippen molar-refractivity contribution in [1.82, 2.24) is 15.0 Å². The van der Waals surface area contributed by atoms with Crippen molar-refractivity contribution in [2.75, 3.05) is 4.72 Å². The van der Waals surface area contributed by atoms with Gasteiger partial charge < -0.3 is 4.74 Å². The lowest BCUT2D eigenvalue weighted by Gasteiger charge is -2.11. The van der Waals surface area contributed by atoms with Crippen molar-refractivity contribution >= 4 is 16.0 Å². The van der Waals surface area contributed by atoms with Crippen molar-refractivity contribution < 1.29 is 13.2 Å². The van der Waals surface area contributed by atoms with Gasteiger partial charge in [0.1, 0.15) is 5.75 Å². The number of nitrogens with one attached hydrogen (secondary N) is 1. The fourth-order valence-electron chi connectivity index (χ4n) is 2.57. The molecule has 0 aliphatic carbocycles. The Morgan fingerprint density at radius 2 is 1.48 bits per heavy atom. The van der Waals surface area contributed by atoms with Gasteiger partial charge in [0.05, 0.1) is 5.69 Å². The van der Waals surface area contributed by atoms with Crippen molar-refractivity contribution in [3.8, 4) is 22.9 Å². The van der Waals surface area contributed by atoms with Crippen LogP contribution >= 0.6 is 0 Å². The Kier molecular flexibility index (Phi) is 5.17. The third-order valence-electron chi connectivity index (χ3n) is 3.88. The molecule has 0 spiro atoms. The molecule has 2 heterocycles. The summed E-state index contributed by atoms with van der Waals surface area (Å²) in [7, 11) is -3.94. The molecular weight excluding hydrogens is 388 g/mol. The van der Waals surface area contributed by atoms with E-state index in [0.29, 0.717) is 11.4 Å². The average Bonchev–Trinajstić information content (AvgIpc) is 2.75. The van der Waals surface area contributed by atoms with Crippen molar-refractivity contribution in [1.29, 1.82) is 0 Å². The van der Waals surface area contributed by atoms with Gasteiger partial charge in [-0.2, -0.15) is 13.4 Å². The maximum atomic E-state index is 12.6. The molecule has 0 aliphatic heterocycles. The molecule has 0 radical (unpaired) electrons. The van der Waals surface area contributed by atoms with Gasteiger partial charge in [-0.05, 0) is 24.3 Å². The lowest BCUT2D eigenvalue weighted by Crippen LogP contribution is -2.16. The standard InChI is InChI=1S/C21H16N4O3S/c26-29(27,20-13-7-8-14-22-20)25-21-23-18(16-9-3-1-4-10-16)15-19(24-21)28-17-11-5-2-6-12-17/h1-15H,(H,23,24,25). The first kappa shape index (κ1) is 18.6. The molecule has 29 heavy (non-hydrogen) atoms. The summed E-state index contributed by atoms with van der Waals surface area (Å²) in [5, 5.41) is -0.126. The van der Waals surface area contributed by atoms with E-state index in [0.717, 1.165) is 5.56 Å². The molecule has 2 aromatic heterocycles. The molecule has 0 aliphatic rings. The molecular formula is C21H16N4O3S. The summed E-state index contributed by atoms with van der Waals surface area (Å²) < 4.78 is 33.4. The van der Waals surface area contributed by atoms with Crippen LogP contribution in [0.25, 0.3) is 11.3 Å². The van der Waals surface area contributed by atoms with Gasteiger partial charge in [-0.1, -0.05) is 54.6 Å². The first-order chi connectivity index (χ1) is 14.1. The smallest absolute Gasteiger partial charge is 0.281 e. The quantitative estimate of drug-likeness (QED) is 0.519. The zero-order valence-corrected chi connectivity index (χ0v) is 16.0. The molecule has 0 amide bonds. The predicted octanol–water partition coefficient (Wildman–Crippen LogP) is 4.13. The van der Waals surface area contributed by atoms with Gasteiger partial charge in [-0.3, -0.25) is 0 Å². The molecule has 8 heteroatoms. The van der Waals surface area contributed by atoms with Crippen LogP contribution in [0.15, 0.2) is 96.2 Å². The summed E-state index contributed by atoms with van der Waals surface area (Å²) in [6.45, 7) is 0. The fourth-order valence-corrected chi connectivity index (χ4v) is 3.46. The number of benzene rings is 2. The van der Waals surface area contributed by atoms with Crippen LogP contribution < -0.4 is 9.46 Å². The van der Waals surface area contributed by atoms with Gasteiger partial charge in [0.2, 0.25) is 11.8 Å².